The zero-order chi connectivity index (χ0) is 35.1. The van der Waals surface area contributed by atoms with Gasteiger partial charge in [0.05, 0.1) is 19.1 Å². The molecular formula is C46H46O4S. The average Bonchev–Trinajstić information content (AvgIpc) is 3.57. The first-order chi connectivity index (χ1) is 24.8. The lowest BCUT2D eigenvalue weighted by molar-refractivity contribution is 0.0757. The molecule has 2 aliphatic heterocycles. The molecule has 2 aliphatic carbocycles. The quantitative estimate of drug-likeness (QED) is 0.177. The Labute approximate surface area is 306 Å². The monoisotopic (exact) mass is 694 g/mol. The van der Waals surface area contributed by atoms with Crippen molar-refractivity contribution in [3.8, 4) is 34.1 Å². The fourth-order valence-corrected chi connectivity index (χ4v) is 10.9. The third-order valence-electron chi connectivity index (χ3n) is 12.1. The van der Waals surface area contributed by atoms with Gasteiger partial charge in [-0.05, 0) is 94.8 Å². The molecule has 1 saturated carbocycles. The molecule has 0 radical (unpaired) electrons. The summed E-state index contributed by atoms with van der Waals surface area (Å²) in [6, 6.07) is 30.6. The molecule has 9 rings (SSSR count). The number of benzene rings is 5. The number of hydrogen-bond donors (Lipinski definition) is 0. The highest BCUT2D eigenvalue weighted by Gasteiger charge is 2.48. The summed E-state index contributed by atoms with van der Waals surface area (Å²) in [7, 11) is 3.42. The van der Waals surface area contributed by atoms with Crippen molar-refractivity contribution in [2.75, 3.05) is 14.2 Å². The van der Waals surface area contributed by atoms with Crippen LogP contribution < -0.4 is 18.9 Å². The van der Waals surface area contributed by atoms with Crippen molar-refractivity contribution in [3.05, 3.63) is 119 Å². The Morgan fingerprint density at radius 3 is 1.98 bits per heavy atom. The summed E-state index contributed by atoms with van der Waals surface area (Å²) in [4.78, 5) is 0.890. The van der Waals surface area contributed by atoms with Crippen LogP contribution in [0, 0.1) is 11.8 Å². The number of ether oxygens (including phenoxy) is 4. The van der Waals surface area contributed by atoms with Crippen LogP contribution in [0.5, 0.6) is 23.0 Å². The van der Waals surface area contributed by atoms with Crippen LogP contribution >= 0.6 is 11.8 Å². The summed E-state index contributed by atoms with van der Waals surface area (Å²) in [6.07, 6.45) is 9.60. The molecule has 2 atom stereocenters. The van der Waals surface area contributed by atoms with Crippen LogP contribution in [0.4, 0.5) is 0 Å². The molecule has 5 heteroatoms. The largest absolute Gasteiger partial charge is 0.497 e. The molecule has 4 nitrogen and oxygen atoms in total. The molecule has 0 saturated heterocycles. The maximum absolute atomic E-state index is 7.66. The first-order valence-electron chi connectivity index (χ1n) is 18.6. The van der Waals surface area contributed by atoms with Crippen LogP contribution in [0.2, 0.25) is 0 Å². The highest BCUT2D eigenvalue weighted by atomic mass is 32.2. The standard InChI is InChI=1S/C46H46O4S/c1-27(2)46(28(3)4)49-40-25-39-38(26-41(40)51-46)43-36-14-10-8-12-34(36)33-11-7-9-13-35(33)42(43)37-23-24-45(50-44(37)39,29-15-19-31(47-5)20-16-29)30-17-21-32(48-6)22-18-30/h8,10,12,14-28,33,35H,7,9,11,13H2,1-6H3. The predicted octanol–water partition coefficient (Wildman–Crippen LogP) is 12.1. The molecule has 0 bridgehead atoms. The molecule has 2 unspecified atom stereocenters. The van der Waals surface area contributed by atoms with Crippen molar-refractivity contribution in [1.82, 2.24) is 0 Å². The van der Waals surface area contributed by atoms with Crippen LogP contribution in [0.25, 0.3) is 28.0 Å². The van der Waals surface area contributed by atoms with Crippen molar-refractivity contribution >= 4 is 28.6 Å². The molecule has 2 heterocycles. The van der Waals surface area contributed by atoms with Gasteiger partial charge >= 0.3 is 0 Å². The van der Waals surface area contributed by atoms with Crippen molar-refractivity contribution in [3.63, 3.8) is 0 Å². The second kappa shape index (κ2) is 12.1. The summed E-state index contributed by atoms with van der Waals surface area (Å²) in [5.41, 5.74) is 8.13. The Kier molecular flexibility index (Phi) is 7.74. The lowest BCUT2D eigenvalue weighted by Crippen LogP contribution is -2.40. The van der Waals surface area contributed by atoms with Crippen LogP contribution in [0.1, 0.15) is 93.0 Å². The van der Waals surface area contributed by atoms with E-state index in [2.05, 4.69) is 101 Å². The van der Waals surface area contributed by atoms with Gasteiger partial charge < -0.3 is 18.9 Å². The highest BCUT2D eigenvalue weighted by molar-refractivity contribution is 8.01. The van der Waals surface area contributed by atoms with E-state index in [4.69, 9.17) is 18.9 Å². The third-order valence-corrected chi connectivity index (χ3v) is 14.0. The van der Waals surface area contributed by atoms with Gasteiger partial charge in [0.25, 0.3) is 0 Å². The van der Waals surface area contributed by atoms with E-state index in [1.54, 1.807) is 14.2 Å². The van der Waals surface area contributed by atoms with E-state index in [1.807, 2.05) is 36.0 Å². The Morgan fingerprint density at radius 2 is 1.35 bits per heavy atom. The Morgan fingerprint density at radius 1 is 0.725 bits per heavy atom. The first kappa shape index (κ1) is 32.6. The molecule has 0 N–H and O–H groups in total. The molecule has 5 aromatic rings. The number of thioether (sulfide) groups is 1. The van der Waals surface area contributed by atoms with Crippen LogP contribution in [0.15, 0.2) is 95.9 Å². The average molecular weight is 695 g/mol. The van der Waals surface area contributed by atoms with Gasteiger partial charge in [0, 0.05) is 33.9 Å². The summed E-state index contributed by atoms with van der Waals surface area (Å²) in [5.74, 6) is 5.13. The first-order valence-corrected chi connectivity index (χ1v) is 19.4. The van der Waals surface area contributed by atoms with Crippen molar-refractivity contribution in [2.24, 2.45) is 11.8 Å². The minimum atomic E-state index is -0.876. The summed E-state index contributed by atoms with van der Waals surface area (Å²) in [5, 5.41) is 2.36. The van der Waals surface area contributed by atoms with Crippen LogP contribution in [-0.2, 0) is 5.60 Å². The van der Waals surface area contributed by atoms with E-state index in [0.717, 1.165) is 39.5 Å². The second-order valence-corrected chi connectivity index (χ2v) is 16.6. The Bertz CT molecular complexity index is 2120. The second-order valence-electron chi connectivity index (χ2n) is 15.3. The van der Waals surface area contributed by atoms with E-state index in [-0.39, 0.29) is 4.93 Å². The number of rotatable bonds is 6. The molecule has 0 spiro atoms. The highest BCUT2D eigenvalue weighted by Crippen LogP contribution is 2.62. The zero-order valence-corrected chi connectivity index (χ0v) is 31.2. The van der Waals surface area contributed by atoms with Gasteiger partial charge in [0.15, 0.2) is 10.5 Å². The number of methoxy groups -OCH3 is 2. The van der Waals surface area contributed by atoms with Crippen molar-refractivity contribution in [1.29, 1.82) is 0 Å². The third kappa shape index (κ3) is 4.80. The summed E-state index contributed by atoms with van der Waals surface area (Å²) in [6.45, 7) is 9.14. The molecule has 5 aromatic carbocycles. The zero-order valence-electron chi connectivity index (χ0n) is 30.4. The van der Waals surface area contributed by atoms with E-state index >= 15 is 0 Å². The smallest absolute Gasteiger partial charge is 0.178 e. The molecule has 51 heavy (non-hydrogen) atoms. The van der Waals surface area contributed by atoms with E-state index in [9.17, 15) is 0 Å². The van der Waals surface area contributed by atoms with Gasteiger partial charge in [-0.1, -0.05) is 107 Å². The van der Waals surface area contributed by atoms with E-state index in [0.29, 0.717) is 23.7 Å². The summed E-state index contributed by atoms with van der Waals surface area (Å²) >= 11 is 1.91. The van der Waals surface area contributed by atoms with Gasteiger partial charge in [-0.25, -0.2) is 0 Å². The predicted molar refractivity (Wildman–Crippen MR) is 209 cm³/mol. The van der Waals surface area contributed by atoms with E-state index in [1.165, 1.54) is 63.8 Å². The van der Waals surface area contributed by atoms with Crippen LogP contribution in [-0.4, -0.2) is 19.2 Å². The molecular weight excluding hydrogens is 649 g/mol. The molecule has 260 valence electrons. The minimum Gasteiger partial charge on any atom is -0.497 e. The lowest BCUT2D eigenvalue weighted by Gasteiger charge is -2.43. The number of fused-ring (bicyclic) bond motifs is 12. The Hall–Kier alpha value is -4.35. The van der Waals surface area contributed by atoms with Crippen molar-refractivity contribution in [2.45, 2.75) is 80.6 Å². The topological polar surface area (TPSA) is 36.9 Å². The summed E-state index contributed by atoms with van der Waals surface area (Å²) < 4.78 is 25.9. The fraction of sp³-hybridized carbons (Fsp3) is 0.348. The van der Waals surface area contributed by atoms with E-state index < -0.39 is 5.60 Å². The van der Waals surface area contributed by atoms with Crippen molar-refractivity contribution < 1.29 is 18.9 Å². The molecule has 0 aromatic heterocycles. The lowest BCUT2D eigenvalue weighted by atomic mass is 9.63. The van der Waals surface area contributed by atoms with Gasteiger partial charge in [-0.2, -0.15) is 0 Å². The number of hydrogen-bond acceptors (Lipinski definition) is 5. The van der Waals surface area contributed by atoms with Gasteiger partial charge in [0.1, 0.15) is 23.0 Å². The normalized spacial score (nSPS) is 20.5. The maximum Gasteiger partial charge on any atom is 0.178 e. The SMILES string of the molecule is COc1ccc(C2(c3ccc(OC)cc3)C=Cc3c4c(c5cc6c(cc5c3O2)OC(C(C)C)(C(C)C)S6)-c2ccccc2C2CCCCC42)cc1. The minimum absolute atomic E-state index is 0.330. The fourth-order valence-electron chi connectivity index (χ4n) is 9.56. The maximum atomic E-state index is 7.66. The Balaban J connectivity index is 1.35. The van der Waals surface area contributed by atoms with Crippen LogP contribution in [0.3, 0.4) is 0 Å². The molecule has 0 amide bonds. The molecule has 1 fully saturated rings. The van der Waals surface area contributed by atoms with Gasteiger partial charge in [-0.15, -0.1) is 0 Å². The van der Waals surface area contributed by atoms with Gasteiger partial charge in [-0.3, -0.25) is 0 Å². The molecule has 4 aliphatic rings. The van der Waals surface area contributed by atoms with Gasteiger partial charge in [0.2, 0.25) is 0 Å².